The minimum Gasteiger partial charge on any atom is -0.349 e. The summed E-state index contributed by atoms with van der Waals surface area (Å²) in [5.74, 6) is -0.0311. The molecule has 3 rings (SSSR count). The molecule has 1 aliphatic heterocycles. The summed E-state index contributed by atoms with van der Waals surface area (Å²) in [6.45, 7) is 1.53. The van der Waals surface area contributed by atoms with E-state index in [9.17, 15) is 14.9 Å². The summed E-state index contributed by atoms with van der Waals surface area (Å²) in [5.41, 5.74) is 1.49. The van der Waals surface area contributed by atoms with Crippen LogP contribution in [0.5, 0.6) is 0 Å². The van der Waals surface area contributed by atoms with Crippen molar-refractivity contribution in [1.29, 1.82) is 0 Å². The third kappa shape index (κ3) is 3.37. The van der Waals surface area contributed by atoms with Crippen molar-refractivity contribution in [3.8, 4) is 0 Å². The molecule has 0 aliphatic carbocycles. The third-order valence-corrected chi connectivity index (χ3v) is 4.17. The normalized spacial score (nSPS) is 14.2. The minimum atomic E-state index is -0.433. The number of nitrogens with one attached hydrogen (secondary N) is 1. The van der Waals surface area contributed by atoms with Gasteiger partial charge in [-0.05, 0) is 37.5 Å². The van der Waals surface area contributed by atoms with E-state index in [0.717, 1.165) is 32.4 Å². The van der Waals surface area contributed by atoms with Gasteiger partial charge in [-0.2, -0.15) is 0 Å². The molecule has 1 saturated heterocycles. The van der Waals surface area contributed by atoms with E-state index in [1.165, 1.54) is 6.07 Å². The maximum atomic E-state index is 12.8. The van der Waals surface area contributed by atoms with E-state index in [-0.39, 0.29) is 11.6 Å². The summed E-state index contributed by atoms with van der Waals surface area (Å²) in [6, 6.07) is 13.6. The van der Waals surface area contributed by atoms with Crippen LogP contribution in [0, 0.1) is 10.1 Å². The van der Waals surface area contributed by atoms with Crippen LogP contribution in [0.15, 0.2) is 48.5 Å². The molecular weight excluding hydrogens is 306 g/mol. The van der Waals surface area contributed by atoms with Crippen molar-refractivity contribution in [3.05, 3.63) is 64.2 Å². The number of rotatable bonds is 4. The highest BCUT2D eigenvalue weighted by atomic mass is 16.6. The van der Waals surface area contributed by atoms with Crippen molar-refractivity contribution in [2.24, 2.45) is 0 Å². The molecule has 24 heavy (non-hydrogen) atoms. The average Bonchev–Trinajstić information content (AvgIpc) is 2.62. The van der Waals surface area contributed by atoms with Crippen LogP contribution in [0.2, 0.25) is 0 Å². The number of likely N-dealkylation sites (tertiary alicyclic amines) is 1. The van der Waals surface area contributed by atoms with Gasteiger partial charge in [-0.1, -0.05) is 24.3 Å². The van der Waals surface area contributed by atoms with Crippen LogP contribution in [0.1, 0.15) is 29.6 Å². The standard InChI is InChI=1S/C18H19N3O3/c22-18(20-12-6-1-7-13-20)14-8-2-3-9-15(14)19-16-10-4-5-11-17(16)21(23)24/h2-5,8-11,19H,1,6-7,12-13H2. The van der Waals surface area contributed by atoms with Gasteiger partial charge in [0.25, 0.3) is 11.6 Å². The first-order valence-corrected chi connectivity index (χ1v) is 8.05. The molecule has 1 aliphatic rings. The van der Waals surface area contributed by atoms with E-state index < -0.39 is 4.92 Å². The maximum absolute atomic E-state index is 12.8. The Bertz CT molecular complexity index is 755. The summed E-state index contributed by atoms with van der Waals surface area (Å²) in [4.78, 5) is 25.4. The molecule has 0 aromatic heterocycles. The second-order valence-corrected chi connectivity index (χ2v) is 5.80. The van der Waals surface area contributed by atoms with Crippen LogP contribution in [-0.2, 0) is 0 Å². The first-order chi connectivity index (χ1) is 11.7. The average molecular weight is 325 g/mol. The number of amides is 1. The lowest BCUT2D eigenvalue weighted by atomic mass is 10.1. The molecule has 124 valence electrons. The first kappa shape index (κ1) is 16.0. The molecule has 0 atom stereocenters. The number of nitro groups is 1. The van der Waals surface area contributed by atoms with Gasteiger partial charge in [0, 0.05) is 19.2 Å². The van der Waals surface area contributed by atoms with Crippen molar-refractivity contribution in [3.63, 3.8) is 0 Å². The number of nitrogens with zero attached hydrogens (tertiary/aromatic N) is 2. The highest BCUT2D eigenvalue weighted by Crippen LogP contribution is 2.29. The summed E-state index contributed by atoms with van der Waals surface area (Å²) in [5, 5.41) is 14.2. The van der Waals surface area contributed by atoms with Gasteiger partial charge in [-0.25, -0.2) is 0 Å². The van der Waals surface area contributed by atoms with Gasteiger partial charge in [0.1, 0.15) is 5.69 Å². The molecule has 0 bridgehead atoms. The van der Waals surface area contributed by atoms with E-state index >= 15 is 0 Å². The van der Waals surface area contributed by atoms with Gasteiger partial charge in [0.15, 0.2) is 0 Å². The summed E-state index contributed by atoms with van der Waals surface area (Å²) >= 11 is 0. The number of hydrogen-bond donors (Lipinski definition) is 1. The Hall–Kier alpha value is -2.89. The van der Waals surface area contributed by atoms with Crippen LogP contribution in [0.25, 0.3) is 0 Å². The van der Waals surface area contributed by atoms with E-state index in [1.807, 2.05) is 17.0 Å². The van der Waals surface area contributed by atoms with E-state index in [0.29, 0.717) is 16.9 Å². The molecule has 0 unspecified atom stereocenters. The minimum absolute atomic E-state index is 0.0160. The SMILES string of the molecule is O=C(c1ccccc1Nc1ccccc1[N+](=O)[O-])N1CCCCC1. The second kappa shape index (κ2) is 7.12. The van der Waals surface area contributed by atoms with E-state index in [2.05, 4.69) is 5.32 Å². The number of anilines is 2. The van der Waals surface area contributed by atoms with Crippen molar-refractivity contribution in [2.45, 2.75) is 19.3 Å². The van der Waals surface area contributed by atoms with Gasteiger partial charge in [-0.15, -0.1) is 0 Å². The maximum Gasteiger partial charge on any atom is 0.292 e. The Labute approximate surface area is 140 Å². The Morgan fingerprint density at radius 1 is 0.958 bits per heavy atom. The zero-order valence-corrected chi connectivity index (χ0v) is 13.3. The summed E-state index contributed by atoms with van der Waals surface area (Å²) in [7, 11) is 0. The number of hydrogen-bond acceptors (Lipinski definition) is 4. The fraction of sp³-hybridized carbons (Fsp3) is 0.278. The molecule has 1 amide bonds. The number of carbonyl (C=O) groups excluding carboxylic acids is 1. The number of nitro benzene ring substituents is 1. The molecule has 0 radical (unpaired) electrons. The number of para-hydroxylation sites is 3. The predicted molar refractivity (Wildman–Crippen MR) is 92.6 cm³/mol. The van der Waals surface area contributed by atoms with Gasteiger partial charge in [0.2, 0.25) is 0 Å². The zero-order chi connectivity index (χ0) is 16.9. The smallest absolute Gasteiger partial charge is 0.292 e. The largest absolute Gasteiger partial charge is 0.349 e. The van der Waals surface area contributed by atoms with Gasteiger partial charge < -0.3 is 10.2 Å². The molecule has 2 aromatic carbocycles. The molecule has 1 N–H and O–H groups in total. The van der Waals surface area contributed by atoms with Crippen LogP contribution in [-0.4, -0.2) is 28.8 Å². The fourth-order valence-electron chi connectivity index (χ4n) is 2.93. The van der Waals surface area contributed by atoms with E-state index in [4.69, 9.17) is 0 Å². The zero-order valence-electron chi connectivity index (χ0n) is 13.3. The topological polar surface area (TPSA) is 75.5 Å². The van der Waals surface area contributed by atoms with Crippen molar-refractivity contribution in [2.75, 3.05) is 18.4 Å². The first-order valence-electron chi connectivity index (χ1n) is 8.05. The monoisotopic (exact) mass is 325 g/mol. The lowest BCUT2D eigenvalue weighted by Gasteiger charge is -2.27. The van der Waals surface area contributed by atoms with Crippen LogP contribution >= 0.6 is 0 Å². The Morgan fingerprint density at radius 3 is 2.29 bits per heavy atom. The molecule has 6 heteroatoms. The lowest BCUT2D eigenvalue weighted by molar-refractivity contribution is -0.383. The quantitative estimate of drug-likeness (QED) is 0.682. The van der Waals surface area contributed by atoms with Crippen LogP contribution in [0.4, 0.5) is 17.1 Å². The third-order valence-electron chi connectivity index (χ3n) is 4.17. The fourth-order valence-corrected chi connectivity index (χ4v) is 2.93. The van der Waals surface area contributed by atoms with Crippen molar-refractivity contribution < 1.29 is 9.72 Å². The number of piperidine rings is 1. The highest BCUT2D eigenvalue weighted by molar-refractivity contribution is 6.00. The molecule has 1 fully saturated rings. The highest BCUT2D eigenvalue weighted by Gasteiger charge is 2.21. The molecule has 6 nitrogen and oxygen atoms in total. The van der Waals surface area contributed by atoms with Gasteiger partial charge in [0.05, 0.1) is 16.2 Å². The van der Waals surface area contributed by atoms with Crippen LogP contribution < -0.4 is 5.32 Å². The summed E-state index contributed by atoms with van der Waals surface area (Å²) in [6.07, 6.45) is 3.19. The molecule has 2 aromatic rings. The van der Waals surface area contributed by atoms with Gasteiger partial charge >= 0.3 is 0 Å². The van der Waals surface area contributed by atoms with E-state index in [1.54, 1.807) is 30.3 Å². The summed E-state index contributed by atoms with van der Waals surface area (Å²) < 4.78 is 0. The Balaban J connectivity index is 1.90. The number of carbonyl (C=O) groups is 1. The second-order valence-electron chi connectivity index (χ2n) is 5.80. The van der Waals surface area contributed by atoms with Crippen molar-refractivity contribution in [1.82, 2.24) is 4.90 Å². The Morgan fingerprint density at radius 2 is 1.58 bits per heavy atom. The van der Waals surface area contributed by atoms with Crippen LogP contribution in [0.3, 0.4) is 0 Å². The number of benzene rings is 2. The van der Waals surface area contributed by atoms with Crippen molar-refractivity contribution >= 4 is 23.0 Å². The molecule has 1 heterocycles. The van der Waals surface area contributed by atoms with Gasteiger partial charge in [-0.3, -0.25) is 14.9 Å². The Kier molecular flexibility index (Phi) is 4.74. The molecule has 0 saturated carbocycles. The predicted octanol–water partition coefficient (Wildman–Crippen LogP) is 3.96. The molecular formula is C18H19N3O3. The molecule has 0 spiro atoms. The lowest BCUT2D eigenvalue weighted by Crippen LogP contribution is -2.35.